The number of carbonyl (C=O) groups excluding carboxylic acids is 2. The smallest absolute Gasteiger partial charge is 0.330 e. The molecule has 0 N–H and O–H groups in total. The summed E-state index contributed by atoms with van der Waals surface area (Å²) in [6, 6.07) is 34.9. The van der Waals surface area contributed by atoms with E-state index in [0.717, 1.165) is 22.5 Å². The molecule has 0 spiro atoms. The van der Waals surface area contributed by atoms with Crippen molar-refractivity contribution in [2.24, 2.45) is 0 Å². The molecule has 6 rings (SSSR count). The molecule has 8 nitrogen and oxygen atoms in total. The van der Waals surface area contributed by atoms with Crippen LogP contribution in [0.3, 0.4) is 0 Å². The Morgan fingerprint density at radius 1 is 0.810 bits per heavy atom. The quantitative estimate of drug-likeness (QED) is 0.276. The van der Waals surface area contributed by atoms with Gasteiger partial charge in [-0.25, -0.2) is 9.59 Å². The standard InChI is InChI=1S/C34H29N5O3/c1-42-32-22-25-12-8-10-18-30(25)39(31-19-11-9-17-29(31)32)34(41)37-21-20-36(24-28(37)23-35)33(40)38(26-13-4-2-5-14-26)27-15-6-3-7-16-27/h2-19,22,28H,20-21,24H2,1H3/t28-/m1/s1. The number of ether oxygens (including phenoxy) is 1. The van der Waals surface area contributed by atoms with Gasteiger partial charge in [-0.2, -0.15) is 5.26 Å². The Labute approximate surface area is 244 Å². The van der Waals surface area contributed by atoms with E-state index in [2.05, 4.69) is 6.07 Å². The molecule has 0 aliphatic carbocycles. The lowest BCUT2D eigenvalue weighted by molar-refractivity contribution is 0.132. The number of benzene rings is 4. The number of methoxy groups -OCH3 is 1. The third kappa shape index (κ3) is 4.82. The lowest BCUT2D eigenvalue weighted by atomic mass is 10.1. The lowest BCUT2D eigenvalue weighted by Gasteiger charge is -2.42. The average Bonchev–Trinajstić information content (AvgIpc) is 3.19. The molecule has 4 aromatic rings. The fourth-order valence-corrected chi connectivity index (χ4v) is 5.50. The van der Waals surface area contributed by atoms with Crippen molar-refractivity contribution in [3.05, 3.63) is 120 Å². The minimum absolute atomic E-state index is 0.0793. The van der Waals surface area contributed by atoms with Crippen molar-refractivity contribution in [1.29, 1.82) is 5.26 Å². The summed E-state index contributed by atoms with van der Waals surface area (Å²) in [5.41, 5.74) is 4.39. The fourth-order valence-electron chi connectivity index (χ4n) is 5.50. The molecule has 8 heteroatoms. The van der Waals surface area contributed by atoms with Crippen LogP contribution in [0.2, 0.25) is 0 Å². The molecule has 0 aromatic heterocycles. The van der Waals surface area contributed by atoms with Gasteiger partial charge in [0.25, 0.3) is 0 Å². The first-order valence-electron chi connectivity index (χ1n) is 13.7. The van der Waals surface area contributed by atoms with Gasteiger partial charge < -0.3 is 14.5 Å². The summed E-state index contributed by atoms with van der Waals surface area (Å²) in [5, 5.41) is 10.3. The van der Waals surface area contributed by atoms with Crippen LogP contribution < -0.4 is 9.80 Å². The van der Waals surface area contributed by atoms with Crippen LogP contribution in [0.5, 0.6) is 0 Å². The van der Waals surface area contributed by atoms with Gasteiger partial charge in [0, 0.05) is 24.2 Å². The molecule has 0 saturated carbocycles. The van der Waals surface area contributed by atoms with E-state index in [1.165, 1.54) is 0 Å². The molecule has 0 radical (unpaired) electrons. The Morgan fingerprint density at radius 3 is 2.05 bits per heavy atom. The van der Waals surface area contributed by atoms with Crippen LogP contribution in [0.4, 0.5) is 32.3 Å². The van der Waals surface area contributed by atoms with Gasteiger partial charge in [0.05, 0.1) is 42.5 Å². The molecule has 2 heterocycles. The maximum Gasteiger partial charge on any atom is 0.330 e. The zero-order valence-corrected chi connectivity index (χ0v) is 23.1. The highest BCUT2D eigenvalue weighted by atomic mass is 16.5. The number of hydrogen-bond donors (Lipinski definition) is 0. The zero-order chi connectivity index (χ0) is 29.1. The highest BCUT2D eigenvalue weighted by Crippen LogP contribution is 2.41. The second-order valence-electron chi connectivity index (χ2n) is 9.98. The average molecular weight is 556 g/mol. The van der Waals surface area contributed by atoms with Gasteiger partial charge in [0.2, 0.25) is 0 Å². The molecule has 1 fully saturated rings. The monoisotopic (exact) mass is 555 g/mol. The Morgan fingerprint density at radius 2 is 1.40 bits per heavy atom. The number of para-hydroxylation sites is 4. The highest BCUT2D eigenvalue weighted by Gasteiger charge is 2.39. The van der Waals surface area contributed by atoms with Crippen molar-refractivity contribution in [2.75, 3.05) is 36.5 Å². The Balaban J connectivity index is 1.31. The third-order valence-corrected chi connectivity index (χ3v) is 7.55. The van der Waals surface area contributed by atoms with Crippen LogP contribution in [0, 0.1) is 11.3 Å². The minimum Gasteiger partial charge on any atom is -0.496 e. The molecule has 0 bridgehead atoms. The number of hydrogen-bond acceptors (Lipinski definition) is 4. The van der Waals surface area contributed by atoms with Crippen LogP contribution >= 0.6 is 0 Å². The van der Waals surface area contributed by atoms with E-state index in [1.54, 1.807) is 26.7 Å². The number of piperazine rings is 1. The molecule has 2 aliphatic heterocycles. The summed E-state index contributed by atoms with van der Waals surface area (Å²) in [6.07, 6.45) is 1.92. The minimum atomic E-state index is -0.846. The zero-order valence-electron chi connectivity index (χ0n) is 23.1. The predicted octanol–water partition coefficient (Wildman–Crippen LogP) is 6.87. The van der Waals surface area contributed by atoms with E-state index in [0.29, 0.717) is 17.1 Å². The van der Waals surface area contributed by atoms with Crippen molar-refractivity contribution in [3.8, 4) is 6.07 Å². The van der Waals surface area contributed by atoms with Gasteiger partial charge in [-0.15, -0.1) is 0 Å². The molecule has 0 unspecified atom stereocenters. The first-order valence-corrected chi connectivity index (χ1v) is 13.7. The van der Waals surface area contributed by atoms with E-state index in [-0.39, 0.29) is 31.7 Å². The first kappa shape index (κ1) is 26.7. The molecule has 208 valence electrons. The van der Waals surface area contributed by atoms with Crippen molar-refractivity contribution in [3.63, 3.8) is 0 Å². The maximum atomic E-state index is 14.4. The normalized spacial score (nSPS) is 15.9. The van der Waals surface area contributed by atoms with Crippen molar-refractivity contribution < 1.29 is 14.3 Å². The van der Waals surface area contributed by atoms with Gasteiger partial charge in [-0.05, 0) is 48.5 Å². The molecule has 2 aliphatic rings. The first-order chi connectivity index (χ1) is 20.6. The van der Waals surface area contributed by atoms with Crippen LogP contribution in [-0.4, -0.2) is 54.6 Å². The molecule has 4 amide bonds. The van der Waals surface area contributed by atoms with Crippen molar-refractivity contribution >= 4 is 46.6 Å². The number of urea groups is 2. The van der Waals surface area contributed by atoms with E-state index in [4.69, 9.17) is 4.74 Å². The maximum absolute atomic E-state index is 14.4. The number of nitrogens with zero attached hydrogens (tertiary/aromatic N) is 5. The summed E-state index contributed by atoms with van der Waals surface area (Å²) in [6.45, 7) is 0.555. The van der Waals surface area contributed by atoms with Crippen LogP contribution in [-0.2, 0) is 4.74 Å². The van der Waals surface area contributed by atoms with Crippen LogP contribution in [0.1, 0.15) is 11.1 Å². The number of fused-ring (bicyclic) bond motifs is 2. The number of anilines is 4. The summed E-state index contributed by atoms with van der Waals surface area (Å²) in [5.74, 6) is 0.641. The van der Waals surface area contributed by atoms with E-state index < -0.39 is 6.04 Å². The molecular weight excluding hydrogens is 526 g/mol. The number of amides is 4. The van der Waals surface area contributed by atoms with Crippen LogP contribution in [0.15, 0.2) is 109 Å². The van der Waals surface area contributed by atoms with Gasteiger partial charge in [-0.1, -0.05) is 66.7 Å². The largest absolute Gasteiger partial charge is 0.496 e. The second kappa shape index (κ2) is 11.5. The van der Waals surface area contributed by atoms with Gasteiger partial charge in [-0.3, -0.25) is 9.80 Å². The molecule has 4 aromatic carbocycles. The van der Waals surface area contributed by atoms with Gasteiger partial charge in [0.1, 0.15) is 11.8 Å². The molecule has 1 saturated heterocycles. The predicted molar refractivity (Wildman–Crippen MR) is 163 cm³/mol. The Kier molecular flexibility index (Phi) is 7.31. The van der Waals surface area contributed by atoms with Gasteiger partial charge >= 0.3 is 12.1 Å². The number of rotatable bonds is 3. The highest BCUT2D eigenvalue weighted by molar-refractivity contribution is 6.07. The summed E-state index contributed by atoms with van der Waals surface area (Å²) >= 11 is 0. The third-order valence-electron chi connectivity index (χ3n) is 7.55. The summed E-state index contributed by atoms with van der Waals surface area (Å²) in [7, 11) is 1.61. The molecule has 1 atom stereocenters. The molecule has 42 heavy (non-hydrogen) atoms. The fraction of sp³-hybridized carbons (Fsp3) is 0.147. The van der Waals surface area contributed by atoms with Gasteiger partial charge in [0.15, 0.2) is 0 Å². The summed E-state index contributed by atoms with van der Waals surface area (Å²) < 4.78 is 5.71. The van der Waals surface area contributed by atoms with Crippen molar-refractivity contribution in [1.82, 2.24) is 9.80 Å². The van der Waals surface area contributed by atoms with E-state index >= 15 is 0 Å². The van der Waals surface area contributed by atoms with E-state index in [1.807, 2.05) is 115 Å². The Bertz CT molecular complexity index is 1640. The SMILES string of the molecule is COC1=Cc2ccccc2N(C(=O)N2CCN(C(=O)N(c3ccccc3)c3ccccc3)C[C@H]2C#N)c2ccccc21. The molecular formula is C34H29N5O3. The number of carbonyl (C=O) groups is 2. The van der Waals surface area contributed by atoms with Crippen LogP contribution in [0.25, 0.3) is 11.8 Å². The second-order valence-corrected chi connectivity index (χ2v) is 9.98. The lowest BCUT2D eigenvalue weighted by Crippen LogP contribution is -2.60. The topological polar surface area (TPSA) is 80.1 Å². The Hall–Kier alpha value is -5.55. The summed E-state index contributed by atoms with van der Waals surface area (Å²) in [4.78, 5) is 34.9. The van der Waals surface area contributed by atoms with Crippen molar-refractivity contribution in [2.45, 2.75) is 6.04 Å². The number of nitriles is 1. The van der Waals surface area contributed by atoms with E-state index in [9.17, 15) is 14.9 Å².